The third-order valence-corrected chi connectivity index (χ3v) is 2.44. The maximum absolute atomic E-state index is 13.8. The summed E-state index contributed by atoms with van der Waals surface area (Å²) in [6.45, 7) is 0.505. The summed E-state index contributed by atoms with van der Waals surface area (Å²) < 4.78 is 18.6. The Bertz CT molecular complexity index is 366. The maximum Gasteiger partial charge on any atom is 0.160 e. The number of halogens is 2. The predicted octanol–water partition coefficient (Wildman–Crippen LogP) is 2.23. The number of phenolic OH excluding ortho intramolecular Hbond substituents is 1. The van der Waals surface area contributed by atoms with Crippen molar-refractivity contribution in [2.75, 3.05) is 13.7 Å². The molecule has 0 aromatic heterocycles. The molecular formula is C10H12ClFO3. The van der Waals surface area contributed by atoms with Gasteiger partial charge in [-0.25, -0.2) is 4.39 Å². The Hall–Kier alpha value is -1.00. The standard InChI is InChI=1S/C10H12ClFO3/c1-10(12,5-13)6-3-9(15-2)8(14)4-7(6)11/h3-4,13-14H,5H2,1-2H3. The van der Waals surface area contributed by atoms with Crippen LogP contribution in [0.3, 0.4) is 0 Å². The van der Waals surface area contributed by atoms with Crippen molar-refractivity contribution in [3.05, 3.63) is 22.7 Å². The topological polar surface area (TPSA) is 49.7 Å². The number of phenols is 1. The molecule has 0 bridgehead atoms. The lowest BCUT2D eigenvalue weighted by Gasteiger charge is -2.20. The first-order chi connectivity index (χ1) is 6.92. The fourth-order valence-corrected chi connectivity index (χ4v) is 1.55. The van der Waals surface area contributed by atoms with Crippen molar-refractivity contribution in [2.24, 2.45) is 0 Å². The summed E-state index contributed by atoms with van der Waals surface area (Å²) in [6.07, 6.45) is 0. The fraction of sp³-hybridized carbons (Fsp3) is 0.400. The van der Waals surface area contributed by atoms with Crippen LogP contribution in [0.4, 0.5) is 4.39 Å². The van der Waals surface area contributed by atoms with Crippen LogP contribution in [0.1, 0.15) is 12.5 Å². The molecule has 1 unspecified atom stereocenters. The smallest absolute Gasteiger partial charge is 0.160 e. The molecule has 2 N–H and O–H groups in total. The second-order valence-electron chi connectivity index (χ2n) is 3.36. The number of alkyl halides is 1. The van der Waals surface area contributed by atoms with E-state index in [-0.39, 0.29) is 22.1 Å². The SMILES string of the molecule is COc1cc(C(C)(F)CO)c(Cl)cc1O. The lowest BCUT2D eigenvalue weighted by molar-refractivity contribution is 0.0866. The van der Waals surface area contributed by atoms with Gasteiger partial charge in [-0.3, -0.25) is 0 Å². The van der Waals surface area contributed by atoms with E-state index in [0.717, 1.165) is 0 Å². The summed E-state index contributed by atoms with van der Waals surface area (Å²) in [7, 11) is 1.35. The zero-order chi connectivity index (χ0) is 11.6. The van der Waals surface area contributed by atoms with Gasteiger partial charge in [0.25, 0.3) is 0 Å². The van der Waals surface area contributed by atoms with Gasteiger partial charge in [-0.2, -0.15) is 0 Å². The molecule has 0 heterocycles. The van der Waals surface area contributed by atoms with E-state index in [1.54, 1.807) is 0 Å². The van der Waals surface area contributed by atoms with Gasteiger partial charge in [0.15, 0.2) is 17.2 Å². The van der Waals surface area contributed by atoms with Crippen LogP contribution in [0.15, 0.2) is 12.1 Å². The van der Waals surface area contributed by atoms with Crippen LogP contribution in [0, 0.1) is 0 Å². The minimum Gasteiger partial charge on any atom is -0.504 e. The van der Waals surface area contributed by atoms with Gasteiger partial charge in [0, 0.05) is 11.6 Å². The van der Waals surface area contributed by atoms with Crippen LogP contribution in [0.25, 0.3) is 0 Å². The summed E-state index contributed by atoms with van der Waals surface area (Å²) in [4.78, 5) is 0. The number of ether oxygens (including phenoxy) is 1. The summed E-state index contributed by atoms with van der Waals surface area (Å²) in [5.74, 6) is -0.0493. The Balaban J connectivity index is 3.30. The minimum absolute atomic E-state index is 0.0485. The van der Waals surface area contributed by atoms with Gasteiger partial charge >= 0.3 is 0 Å². The van der Waals surface area contributed by atoms with Crippen LogP contribution >= 0.6 is 11.6 Å². The van der Waals surface area contributed by atoms with E-state index in [0.29, 0.717) is 0 Å². The van der Waals surface area contributed by atoms with Crippen molar-refractivity contribution in [3.63, 3.8) is 0 Å². The Labute approximate surface area is 92.1 Å². The van der Waals surface area contributed by atoms with Crippen molar-refractivity contribution in [1.82, 2.24) is 0 Å². The summed E-state index contributed by atoms with van der Waals surface area (Å²) >= 11 is 5.76. The quantitative estimate of drug-likeness (QED) is 0.843. The number of hydrogen-bond donors (Lipinski definition) is 2. The van der Waals surface area contributed by atoms with E-state index in [4.69, 9.17) is 21.4 Å². The number of methoxy groups -OCH3 is 1. The zero-order valence-corrected chi connectivity index (χ0v) is 9.18. The molecule has 1 aromatic carbocycles. The number of hydrogen-bond acceptors (Lipinski definition) is 3. The van der Waals surface area contributed by atoms with Gasteiger partial charge in [0.1, 0.15) is 0 Å². The van der Waals surface area contributed by atoms with Crippen molar-refractivity contribution in [1.29, 1.82) is 0 Å². The molecule has 3 nitrogen and oxygen atoms in total. The molecule has 1 aromatic rings. The number of benzene rings is 1. The summed E-state index contributed by atoms with van der Waals surface area (Å²) in [5.41, 5.74) is -1.88. The predicted molar refractivity (Wildman–Crippen MR) is 55.2 cm³/mol. The molecule has 0 saturated carbocycles. The van der Waals surface area contributed by atoms with Crippen LogP contribution in [0.5, 0.6) is 11.5 Å². The molecule has 0 fully saturated rings. The maximum atomic E-state index is 13.8. The van der Waals surface area contributed by atoms with Gasteiger partial charge in [0.2, 0.25) is 0 Å². The highest BCUT2D eigenvalue weighted by molar-refractivity contribution is 6.31. The van der Waals surface area contributed by atoms with Crippen molar-refractivity contribution < 1.29 is 19.3 Å². The first-order valence-electron chi connectivity index (χ1n) is 4.29. The number of aliphatic hydroxyl groups is 1. The van der Waals surface area contributed by atoms with E-state index in [9.17, 15) is 9.50 Å². The molecule has 1 rings (SSSR count). The lowest BCUT2D eigenvalue weighted by atomic mass is 9.98. The number of rotatable bonds is 3. The molecular weight excluding hydrogens is 223 g/mol. The van der Waals surface area contributed by atoms with Gasteiger partial charge < -0.3 is 14.9 Å². The monoisotopic (exact) mass is 234 g/mol. The molecule has 84 valence electrons. The Morgan fingerprint density at radius 1 is 1.53 bits per heavy atom. The van der Waals surface area contributed by atoms with Crippen LogP contribution in [-0.2, 0) is 5.67 Å². The Kier molecular flexibility index (Phi) is 3.42. The Morgan fingerprint density at radius 2 is 2.13 bits per heavy atom. The lowest BCUT2D eigenvalue weighted by Crippen LogP contribution is -2.20. The summed E-state index contributed by atoms with van der Waals surface area (Å²) in [6, 6.07) is 2.46. The first-order valence-corrected chi connectivity index (χ1v) is 4.67. The van der Waals surface area contributed by atoms with E-state index in [1.807, 2.05) is 0 Å². The number of aliphatic hydroxyl groups excluding tert-OH is 1. The van der Waals surface area contributed by atoms with E-state index in [1.165, 1.54) is 26.2 Å². The van der Waals surface area contributed by atoms with E-state index >= 15 is 0 Å². The highest BCUT2D eigenvalue weighted by Crippen LogP contribution is 2.38. The second kappa shape index (κ2) is 4.24. The normalized spacial score (nSPS) is 14.7. The summed E-state index contributed by atoms with van der Waals surface area (Å²) in [5, 5.41) is 18.3. The number of aromatic hydroxyl groups is 1. The van der Waals surface area contributed by atoms with Crippen LogP contribution in [-0.4, -0.2) is 23.9 Å². The van der Waals surface area contributed by atoms with Crippen molar-refractivity contribution in [3.8, 4) is 11.5 Å². The van der Waals surface area contributed by atoms with Crippen molar-refractivity contribution in [2.45, 2.75) is 12.6 Å². The average molecular weight is 235 g/mol. The molecule has 0 spiro atoms. The van der Waals surface area contributed by atoms with Crippen LogP contribution in [0.2, 0.25) is 5.02 Å². The zero-order valence-electron chi connectivity index (χ0n) is 8.42. The third kappa shape index (κ3) is 2.33. The minimum atomic E-state index is -1.96. The second-order valence-corrected chi connectivity index (χ2v) is 3.77. The van der Waals surface area contributed by atoms with E-state index < -0.39 is 12.3 Å². The largest absolute Gasteiger partial charge is 0.504 e. The third-order valence-electron chi connectivity index (χ3n) is 2.13. The molecule has 0 amide bonds. The van der Waals surface area contributed by atoms with Gasteiger partial charge in [-0.15, -0.1) is 0 Å². The Morgan fingerprint density at radius 3 is 2.60 bits per heavy atom. The van der Waals surface area contributed by atoms with Gasteiger partial charge in [-0.1, -0.05) is 11.6 Å². The molecule has 0 radical (unpaired) electrons. The fourth-order valence-electron chi connectivity index (χ4n) is 1.19. The molecule has 15 heavy (non-hydrogen) atoms. The van der Waals surface area contributed by atoms with E-state index in [2.05, 4.69) is 0 Å². The van der Waals surface area contributed by atoms with Crippen LogP contribution < -0.4 is 4.74 Å². The molecule has 1 atom stereocenters. The van der Waals surface area contributed by atoms with Crippen molar-refractivity contribution >= 4 is 11.6 Å². The molecule has 0 aliphatic heterocycles. The molecule has 5 heteroatoms. The highest BCUT2D eigenvalue weighted by atomic mass is 35.5. The van der Waals surface area contributed by atoms with Gasteiger partial charge in [0.05, 0.1) is 18.7 Å². The highest BCUT2D eigenvalue weighted by Gasteiger charge is 2.28. The molecule has 0 saturated heterocycles. The van der Waals surface area contributed by atoms with Gasteiger partial charge in [-0.05, 0) is 13.0 Å². The first kappa shape index (κ1) is 12.1. The molecule has 0 aliphatic rings. The molecule has 0 aliphatic carbocycles. The average Bonchev–Trinajstić information content (AvgIpc) is 2.17.